The average Bonchev–Trinajstić information content (AvgIpc) is 2.04. The van der Waals surface area contributed by atoms with Crippen molar-refractivity contribution in [3.05, 3.63) is 28.5 Å². The van der Waals surface area contributed by atoms with Gasteiger partial charge in [0.15, 0.2) is 0 Å². The van der Waals surface area contributed by atoms with Gasteiger partial charge in [0, 0.05) is 10.7 Å². The van der Waals surface area contributed by atoms with Gasteiger partial charge in [0.1, 0.15) is 5.69 Å². The predicted molar refractivity (Wildman–Crippen MR) is 41.2 cm³/mol. The van der Waals surface area contributed by atoms with E-state index in [1.54, 1.807) is 12.1 Å². The number of aromatic nitrogens is 1. The van der Waals surface area contributed by atoms with Crippen molar-refractivity contribution in [3.63, 3.8) is 0 Å². The maximum atomic E-state index is 10.8. The summed E-state index contributed by atoms with van der Waals surface area (Å²) >= 11 is 3.10. The number of rotatable bonds is 1. The number of hydrogen-bond acceptors (Lipinski definition) is 3. The highest BCUT2D eigenvalue weighted by atomic mass is 79.9. The third kappa shape index (κ3) is 1.75. The molecule has 0 aromatic carbocycles. The number of pyridine rings is 1. The molecule has 0 radical (unpaired) electrons. The molecule has 0 bridgehead atoms. The molecule has 0 atom stereocenters. The molecule has 0 unspecified atom stereocenters. The van der Waals surface area contributed by atoms with E-state index in [4.69, 9.17) is 5.21 Å². The Bertz CT molecular complexity index is 277. The number of hydroxylamine groups is 1. The second kappa shape index (κ2) is 3.45. The Labute approximate surface area is 71.3 Å². The summed E-state index contributed by atoms with van der Waals surface area (Å²) in [6.07, 6.45) is 1.47. The van der Waals surface area contributed by atoms with E-state index >= 15 is 0 Å². The summed E-state index contributed by atoms with van der Waals surface area (Å²) in [5, 5.41) is 8.25. The first-order valence-corrected chi connectivity index (χ1v) is 3.60. The van der Waals surface area contributed by atoms with Crippen LogP contribution in [-0.4, -0.2) is 16.1 Å². The normalized spacial score (nSPS) is 9.27. The van der Waals surface area contributed by atoms with E-state index in [9.17, 15) is 4.79 Å². The van der Waals surface area contributed by atoms with Crippen molar-refractivity contribution in [3.8, 4) is 0 Å². The third-order valence-electron chi connectivity index (χ3n) is 1.08. The molecular formula is C6H5BrN2O2. The molecule has 58 valence electrons. The van der Waals surface area contributed by atoms with Gasteiger partial charge in [-0.2, -0.15) is 0 Å². The van der Waals surface area contributed by atoms with Gasteiger partial charge in [0.25, 0.3) is 5.91 Å². The number of nitrogens with zero attached hydrogens (tertiary/aromatic N) is 1. The van der Waals surface area contributed by atoms with Crippen LogP contribution in [0.1, 0.15) is 10.5 Å². The minimum atomic E-state index is -0.627. The lowest BCUT2D eigenvalue weighted by Crippen LogP contribution is -2.20. The Kier molecular flexibility index (Phi) is 2.56. The Morgan fingerprint density at radius 1 is 1.73 bits per heavy atom. The van der Waals surface area contributed by atoms with Gasteiger partial charge in [-0.3, -0.25) is 10.0 Å². The van der Waals surface area contributed by atoms with E-state index in [1.165, 1.54) is 11.7 Å². The topological polar surface area (TPSA) is 62.2 Å². The van der Waals surface area contributed by atoms with E-state index in [0.717, 1.165) is 0 Å². The standard InChI is InChI=1S/C6H5BrN2O2/c7-4-2-1-3-8-5(4)6(10)9-11/h1-3,11H,(H,9,10). The van der Waals surface area contributed by atoms with Crippen molar-refractivity contribution in [2.75, 3.05) is 0 Å². The van der Waals surface area contributed by atoms with Gasteiger partial charge in [-0.1, -0.05) is 0 Å². The highest BCUT2D eigenvalue weighted by molar-refractivity contribution is 9.10. The van der Waals surface area contributed by atoms with E-state index in [2.05, 4.69) is 20.9 Å². The second-order valence-electron chi connectivity index (χ2n) is 1.77. The van der Waals surface area contributed by atoms with Crippen molar-refractivity contribution >= 4 is 21.8 Å². The molecule has 11 heavy (non-hydrogen) atoms. The summed E-state index contributed by atoms with van der Waals surface area (Å²) in [5.74, 6) is -0.627. The molecule has 0 aliphatic carbocycles. The molecule has 0 saturated heterocycles. The number of carbonyl (C=O) groups excluding carboxylic acids is 1. The van der Waals surface area contributed by atoms with Gasteiger partial charge in [0.05, 0.1) is 0 Å². The van der Waals surface area contributed by atoms with E-state index in [1.807, 2.05) is 0 Å². The fourth-order valence-corrected chi connectivity index (χ4v) is 1.04. The Hall–Kier alpha value is -0.940. The molecule has 1 aromatic rings. The van der Waals surface area contributed by atoms with E-state index < -0.39 is 5.91 Å². The molecule has 1 aromatic heterocycles. The summed E-state index contributed by atoms with van der Waals surface area (Å²) < 4.78 is 0.548. The maximum Gasteiger partial charge on any atom is 0.294 e. The van der Waals surface area contributed by atoms with Crippen molar-refractivity contribution in [1.29, 1.82) is 0 Å². The van der Waals surface area contributed by atoms with Crippen molar-refractivity contribution in [1.82, 2.24) is 10.5 Å². The minimum absolute atomic E-state index is 0.162. The first-order valence-electron chi connectivity index (χ1n) is 2.80. The highest BCUT2D eigenvalue weighted by Crippen LogP contribution is 2.12. The van der Waals surface area contributed by atoms with Gasteiger partial charge in [-0.15, -0.1) is 0 Å². The van der Waals surface area contributed by atoms with Crippen molar-refractivity contribution < 1.29 is 10.0 Å². The monoisotopic (exact) mass is 216 g/mol. The zero-order valence-corrected chi connectivity index (χ0v) is 7.00. The SMILES string of the molecule is O=C(NO)c1ncccc1Br. The first-order chi connectivity index (χ1) is 5.25. The van der Waals surface area contributed by atoms with Crippen LogP contribution in [0.2, 0.25) is 0 Å². The Morgan fingerprint density at radius 3 is 3.00 bits per heavy atom. The molecule has 4 nitrogen and oxygen atoms in total. The molecule has 0 aliphatic rings. The number of nitrogens with one attached hydrogen (secondary N) is 1. The van der Waals surface area contributed by atoms with E-state index in [0.29, 0.717) is 4.47 Å². The number of carbonyl (C=O) groups is 1. The molecule has 0 aliphatic heterocycles. The quantitative estimate of drug-likeness (QED) is 0.544. The first kappa shape index (κ1) is 8.16. The molecule has 0 saturated carbocycles. The smallest absolute Gasteiger partial charge is 0.288 e. The Balaban J connectivity index is 3.03. The highest BCUT2D eigenvalue weighted by Gasteiger charge is 2.08. The summed E-state index contributed by atoms with van der Waals surface area (Å²) in [7, 11) is 0. The van der Waals surface area contributed by atoms with Crippen molar-refractivity contribution in [2.24, 2.45) is 0 Å². The van der Waals surface area contributed by atoms with Gasteiger partial charge in [-0.25, -0.2) is 10.5 Å². The summed E-state index contributed by atoms with van der Waals surface area (Å²) in [5.41, 5.74) is 1.65. The lowest BCUT2D eigenvalue weighted by atomic mass is 10.3. The largest absolute Gasteiger partial charge is 0.294 e. The van der Waals surface area contributed by atoms with Crippen LogP contribution in [0.3, 0.4) is 0 Å². The van der Waals surface area contributed by atoms with Crippen LogP contribution in [0.25, 0.3) is 0 Å². The zero-order chi connectivity index (χ0) is 8.27. The minimum Gasteiger partial charge on any atom is -0.288 e. The molecule has 0 fully saturated rings. The number of halogens is 1. The summed E-state index contributed by atoms with van der Waals surface area (Å²) in [6, 6.07) is 3.34. The number of hydrogen-bond donors (Lipinski definition) is 2. The van der Waals surface area contributed by atoms with Crippen LogP contribution in [0, 0.1) is 0 Å². The summed E-state index contributed by atoms with van der Waals surface area (Å²) in [4.78, 5) is 14.5. The lowest BCUT2D eigenvalue weighted by Gasteiger charge is -1.98. The van der Waals surface area contributed by atoms with Gasteiger partial charge >= 0.3 is 0 Å². The van der Waals surface area contributed by atoms with Crippen LogP contribution in [-0.2, 0) is 0 Å². The molecule has 1 heterocycles. The van der Waals surface area contributed by atoms with Crippen LogP contribution >= 0.6 is 15.9 Å². The van der Waals surface area contributed by atoms with Gasteiger partial charge in [-0.05, 0) is 28.1 Å². The van der Waals surface area contributed by atoms with Crippen LogP contribution < -0.4 is 5.48 Å². The predicted octanol–water partition coefficient (Wildman–Crippen LogP) is 0.963. The maximum absolute atomic E-state index is 10.8. The fourth-order valence-electron chi connectivity index (χ4n) is 0.606. The van der Waals surface area contributed by atoms with Crippen LogP contribution in [0.15, 0.2) is 22.8 Å². The third-order valence-corrected chi connectivity index (χ3v) is 1.71. The fraction of sp³-hybridized carbons (Fsp3) is 0. The average molecular weight is 217 g/mol. The molecule has 0 spiro atoms. The molecule has 1 rings (SSSR count). The summed E-state index contributed by atoms with van der Waals surface area (Å²) in [6.45, 7) is 0. The molecule has 2 N–H and O–H groups in total. The van der Waals surface area contributed by atoms with Crippen molar-refractivity contribution in [2.45, 2.75) is 0 Å². The van der Waals surface area contributed by atoms with Crippen LogP contribution in [0.4, 0.5) is 0 Å². The molecule has 1 amide bonds. The van der Waals surface area contributed by atoms with Crippen LogP contribution in [0.5, 0.6) is 0 Å². The van der Waals surface area contributed by atoms with Gasteiger partial charge in [0.2, 0.25) is 0 Å². The molecule has 5 heteroatoms. The molecular weight excluding hydrogens is 212 g/mol. The lowest BCUT2D eigenvalue weighted by molar-refractivity contribution is 0.0700. The second-order valence-corrected chi connectivity index (χ2v) is 2.63. The zero-order valence-electron chi connectivity index (χ0n) is 5.41. The number of amides is 1. The van der Waals surface area contributed by atoms with E-state index in [-0.39, 0.29) is 5.69 Å². The Morgan fingerprint density at radius 2 is 2.45 bits per heavy atom. The van der Waals surface area contributed by atoms with Gasteiger partial charge < -0.3 is 0 Å².